The van der Waals surface area contributed by atoms with Crippen molar-refractivity contribution in [1.82, 2.24) is 20.8 Å². The van der Waals surface area contributed by atoms with Crippen LogP contribution in [-0.4, -0.2) is 28.6 Å². The lowest BCUT2D eigenvalue weighted by molar-refractivity contribution is 0.0916. The van der Waals surface area contributed by atoms with E-state index in [4.69, 9.17) is 4.74 Å². The summed E-state index contributed by atoms with van der Waals surface area (Å²) < 4.78 is 4.70. The fourth-order valence-electron chi connectivity index (χ4n) is 2.81. The van der Waals surface area contributed by atoms with Crippen LogP contribution in [0.25, 0.3) is 10.2 Å². The van der Waals surface area contributed by atoms with Crippen molar-refractivity contribution in [3.05, 3.63) is 55.9 Å². The number of carbonyl (C=O) groups is 2. The number of hydrogen-bond donors (Lipinski definition) is 3. The third-order valence-corrected chi connectivity index (χ3v) is 6.67. The van der Waals surface area contributed by atoms with Crippen molar-refractivity contribution < 1.29 is 14.3 Å². The second kappa shape index (κ2) is 9.31. The largest absolute Gasteiger partial charge is 0.449 e. The van der Waals surface area contributed by atoms with Crippen LogP contribution in [0.3, 0.4) is 0 Å². The molecule has 0 radical (unpaired) electrons. The van der Waals surface area contributed by atoms with Crippen molar-refractivity contribution in [1.29, 1.82) is 0 Å². The Morgan fingerprint density at radius 1 is 1.23 bits per heavy atom. The molecule has 0 aliphatic rings. The summed E-state index contributed by atoms with van der Waals surface area (Å²) in [7, 11) is 0. The van der Waals surface area contributed by atoms with Crippen LogP contribution in [0.15, 0.2) is 27.9 Å². The van der Waals surface area contributed by atoms with Crippen LogP contribution in [0.2, 0.25) is 0 Å². The Morgan fingerprint density at radius 2 is 2.00 bits per heavy atom. The summed E-state index contributed by atoms with van der Waals surface area (Å²) in [6, 6.07) is 6.23. The van der Waals surface area contributed by atoms with E-state index in [-0.39, 0.29) is 12.2 Å². The van der Waals surface area contributed by atoms with Gasteiger partial charge >= 0.3 is 6.09 Å². The van der Waals surface area contributed by atoms with Gasteiger partial charge in [0.25, 0.3) is 11.5 Å². The van der Waals surface area contributed by atoms with Crippen molar-refractivity contribution >= 4 is 45.3 Å². The van der Waals surface area contributed by atoms with Crippen LogP contribution in [0.4, 0.5) is 4.79 Å². The normalized spacial score (nSPS) is 10.8. The number of thioether (sulfide) groups is 1. The number of H-pyrrole nitrogens is 1. The molecule has 10 heteroatoms. The number of nitrogens with zero attached hydrogens (tertiary/aromatic N) is 1. The lowest BCUT2D eigenvalue weighted by atomic mass is 10.2. The molecule has 2 heterocycles. The zero-order valence-corrected chi connectivity index (χ0v) is 18.7. The highest BCUT2D eigenvalue weighted by atomic mass is 32.2. The number of rotatable bonds is 5. The number of aromatic amines is 1. The van der Waals surface area contributed by atoms with Crippen molar-refractivity contribution in [3.63, 3.8) is 0 Å². The van der Waals surface area contributed by atoms with Gasteiger partial charge in [0.05, 0.1) is 22.6 Å². The number of aromatic nitrogens is 2. The summed E-state index contributed by atoms with van der Waals surface area (Å²) in [4.78, 5) is 45.6. The standard InChI is InChI=1S/C20H22N4O4S2/c1-5-28-20(27)24-23-18(26)16-12(4)15-17(25)21-14(22-19(15)30-16)9-29-13-8-10(2)6-7-11(13)3/h6-8H,5,9H2,1-4H3,(H,23,26)(H,24,27)(H,21,22,25). The number of aryl methyl sites for hydroxylation is 3. The van der Waals surface area contributed by atoms with Gasteiger partial charge in [0, 0.05) is 4.90 Å². The van der Waals surface area contributed by atoms with Gasteiger partial charge in [0.1, 0.15) is 10.7 Å². The van der Waals surface area contributed by atoms with Crippen molar-refractivity contribution in [2.75, 3.05) is 6.61 Å². The Kier molecular flexibility index (Phi) is 6.78. The van der Waals surface area contributed by atoms with Gasteiger partial charge in [-0.05, 0) is 44.9 Å². The van der Waals surface area contributed by atoms with E-state index in [9.17, 15) is 14.4 Å². The summed E-state index contributed by atoms with van der Waals surface area (Å²) in [6.45, 7) is 7.60. The number of carbonyl (C=O) groups excluding carboxylic acids is 2. The predicted molar refractivity (Wildman–Crippen MR) is 118 cm³/mol. The van der Waals surface area contributed by atoms with Gasteiger partial charge in [-0.15, -0.1) is 23.1 Å². The zero-order chi connectivity index (χ0) is 21.8. The summed E-state index contributed by atoms with van der Waals surface area (Å²) >= 11 is 2.70. The minimum absolute atomic E-state index is 0.186. The number of hydrogen-bond acceptors (Lipinski definition) is 7. The zero-order valence-electron chi connectivity index (χ0n) is 17.0. The second-order valence-corrected chi connectivity index (χ2v) is 8.62. The molecule has 0 spiro atoms. The second-order valence-electron chi connectivity index (χ2n) is 6.61. The number of hydrazine groups is 1. The van der Waals surface area contributed by atoms with Crippen LogP contribution in [0.5, 0.6) is 0 Å². The number of benzene rings is 1. The van der Waals surface area contributed by atoms with E-state index in [0.29, 0.717) is 32.2 Å². The van der Waals surface area contributed by atoms with E-state index >= 15 is 0 Å². The first-order valence-electron chi connectivity index (χ1n) is 9.25. The van der Waals surface area contributed by atoms with Gasteiger partial charge in [-0.1, -0.05) is 17.7 Å². The number of thiophene rings is 1. The number of ether oxygens (including phenoxy) is 1. The van der Waals surface area contributed by atoms with Gasteiger partial charge < -0.3 is 9.72 Å². The molecule has 0 atom stereocenters. The van der Waals surface area contributed by atoms with E-state index in [1.54, 1.807) is 25.6 Å². The van der Waals surface area contributed by atoms with E-state index in [2.05, 4.69) is 39.0 Å². The molecule has 1 aromatic carbocycles. The first-order chi connectivity index (χ1) is 14.3. The molecule has 0 aliphatic heterocycles. The minimum Gasteiger partial charge on any atom is -0.449 e. The van der Waals surface area contributed by atoms with Gasteiger partial charge in [-0.3, -0.25) is 15.0 Å². The predicted octanol–water partition coefficient (Wildman–Crippen LogP) is 3.59. The Bertz CT molecular complexity index is 1170. The maximum absolute atomic E-state index is 12.6. The highest BCUT2D eigenvalue weighted by Gasteiger charge is 2.20. The molecule has 8 nitrogen and oxygen atoms in total. The Labute approximate surface area is 181 Å². The minimum atomic E-state index is -0.758. The molecule has 30 heavy (non-hydrogen) atoms. The molecule has 0 fully saturated rings. The van der Waals surface area contributed by atoms with E-state index in [1.165, 1.54) is 5.56 Å². The SMILES string of the molecule is CCOC(=O)NNC(=O)c1sc2nc(CSc3cc(C)ccc3C)[nH]c(=O)c2c1C. The molecular weight excluding hydrogens is 424 g/mol. The average Bonchev–Trinajstić information content (AvgIpc) is 3.04. The fraction of sp³-hybridized carbons (Fsp3) is 0.300. The maximum Gasteiger partial charge on any atom is 0.426 e. The quantitative estimate of drug-likeness (QED) is 0.408. The highest BCUT2D eigenvalue weighted by molar-refractivity contribution is 7.98. The number of fused-ring (bicyclic) bond motifs is 1. The van der Waals surface area contributed by atoms with Crippen molar-refractivity contribution in [2.45, 2.75) is 38.3 Å². The van der Waals surface area contributed by atoms with E-state index in [0.717, 1.165) is 21.8 Å². The third-order valence-electron chi connectivity index (χ3n) is 4.32. The Morgan fingerprint density at radius 3 is 2.73 bits per heavy atom. The molecule has 2 amide bonds. The van der Waals surface area contributed by atoms with Gasteiger partial charge in [-0.2, -0.15) is 0 Å². The lowest BCUT2D eigenvalue weighted by Crippen LogP contribution is -2.41. The van der Waals surface area contributed by atoms with Crippen LogP contribution in [0.1, 0.15) is 39.1 Å². The van der Waals surface area contributed by atoms with Gasteiger partial charge in [-0.25, -0.2) is 15.2 Å². The molecule has 2 aromatic heterocycles. The van der Waals surface area contributed by atoms with E-state index < -0.39 is 12.0 Å². The third kappa shape index (κ3) is 4.82. The van der Waals surface area contributed by atoms with Crippen LogP contribution in [-0.2, 0) is 10.5 Å². The first kappa shape index (κ1) is 21.8. The molecule has 3 N–H and O–H groups in total. The van der Waals surface area contributed by atoms with Crippen LogP contribution < -0.4 is 16.4 Å². The van der Waals surface area contributed by atoms with Crippen LogP contribution in [0, 0.1) is 20.8 Å². The molecule has 0 saturated carbocycles. The van der Waals surface area contributed by atoms with Crippen molar-refractivity contribution in [2.24, 2.45) is 0 Å². The summed E-state index contributed by atoms with van der Waals surface area (Å²) in [5.74, 6) is 0.503. The van der Waals surface area contributed by atoms with E-state index in [1.807, 2.05) is 13.8 Å². The van der Waals surface area contributed by atoms with Gasteiger partial charge in [0.15, 0.2) is 0 Å². The maximum atomic E-state index is 12.6. The Balaban J connectivity index is 1.81. The molecular formula is C20H22N4O4S2. The Hall–Kier alpha value is -2.85. The number of nitrogens with one attached hydrogen (secondary N) is 3. The number of amides is 2. The lowest BCUT2D eigenvalue weighted by Gasteiger charge is -2.06. The molecule has 0 saturated heterocycles. The summed E-state index contributed by atoms with van der Waals surface area (Å²) in [6.07, 6.45) is -0.758. The molecule has 0 unspecified atom stereocenters. The summed E-state index contributed by atoms with van der Waals surface area (Å²) in [5, 5.41) is 0.377. The topological polar surface area (TPSA) is 113 Å². The first-order valence-corrected chi connectivity index (χ1v) is 11.1. The average molecular weight is 447 g/mol. The molecule has 3 aromatic rings. The highest BCUT2D eigenvalue weighted by Crippen LogP contribution is 2.29. The molecule has 0 bridgehead atoms. The summed E-state index contributed by atoms with van der Waals surface area (Å²) in [5.41, 5.74) is 7.00. The van der Waals surface area contributed by atoms with Crippen molar-refractivity contribution in [3.8, 4) is 0 Å². The molecule has 3 rings (SSSR count). The fourth-order valence-corrected chi connectivity index (χ4v) is 4.90. The monoisotopic (exact) mass is 446 g/mol. The van der Waals surface area contributed by atoms with Crippen LogP contribution >= 0.6 is 23.1 Å². The molecule has 158 valence electrons. The molecule has 0 aliphatic carbocycles. The smallest absolute Gasteiger partial charge is 0.426 e. The van der Waals surface area contributed by atoms with Gasteiger partial charge in [0.2, 0.25) is 0 Å².